The Balaban J connectivity index is 1.81. The molecule has 3 atom stereocenters. The first-order valence-electron chi connectivity index (χ1n) is 8.15. The third-order valence-corrected chi connectivity index (χ3v) is 5.82. The number of amides is 1. The molecule has 0 aromatic carbocycles. The highest BCUT2D eigenvalue weighted by atomic mass is 16.5. The Bertz CT molecular complexity index is 422. The number of hydrogen-bond donors (Lipinski definition) is 1. The van der Waals surface area contributed by atoms with Gasteiger partial charge in [-0.3, -0.25) is 4.79 Å². The quantitative estimate of drug-likeness (QED) is 0.827. The van der Waals surface area contributed by atoms with Gasteiger partial charge in [0.25, 0.3) is 0 Å². The molecule has 3 rings (SSSR count). The van der Waals surface area contributed by atoms with Crippen molar-refractivity contribution >= 4 is 5.91 Å². The SMILES string of the molecule is COCCN(C(=O)C1(N)C2CCCOC2C1(C)C)C1CC1. The molecular formula is C16H28N2O3. The number of nitrogens with zero attached hydrogens (tertiary/aromatic N) is 1. The minimum absolute atomic E-state index is 0.110. The van der Waals surface area contributed by atoms with Crippen LogP contribution in [0.25, 0.3) is 0 Å². The van der Waals surface area contributed by atoms with Crippen LogP contribution in [0.5, 0.6) is 0 Å². The normalized spacial score (nSPS) is 37.5. The number of carbonyl (C=O) groups is 1. The van der Waals surface area contributed by atoms with Crippen LogP contribution >= 0.6 is 0 Å². The van der Waals surface area contributed by atoms with Crippen molar-refractivity contribution < 1.29 is 14.3 Å². The van der Waals surface area contributed by atoms with Gasteiger partial charge in [-0.15, -0.1) is 0 Å². The fourth-order valence-corrected chi connectivity index (χ4v) is 4.27. The highest BCUT2D eigenvalue weighted by molar-refractivity contribution is 5.90. The molecule has 120 valence electrons. The summed E-state index contributed by atoms with van der Waals surface area (Å²) in [5, 5.41) is 0. The zero-order valence-corrected chi connectivity index (χ0v) is 13.4. The minimum Gasteiger partial charge on any atom is -0.383 e. The number of carbonyl (C=O) groups excluding carboxylic acids is 1. The predicted octanol–water partition coefficient (Wildman–Crippen LogP) is 1.16. The van der Waals surface area contributed by atoms with E-state index in [1.54, 1.807) is 7.11 Å². The molecule has 1 amide bonds. The summed E-state index contributed by atoms with van der Waals surface area (Å²) in [6.07, 6.45) is 4.32. The Labute approximate surface area is 127 Å². The highest BCUT2D eigenvalue weighted by Gasteiger charge is 2.71. The molecule has 2 saturated carbocycles. The lowest BCUT2D eigenvalue weighted by atomic mass is 9.46. The largest absolute Gasteiger partial charge is 0.383 e. The lowest BCUT2D eigenvalue weighted by Gasteiger charge is -2.65. The average Bonchev–Trinajstić information content (AvgIpc) is 3.31. The van der Waals surface area contributed by atoms with Crippen molar-refractivity contribution in [2.24, 2.45) is 17.1 Å². The maximum absolute atomic E-state index is 13.2. The number of ether oxygens (including phenoxy) is 2. The van der Waals surface area contributed by atoms with E-state index in [0.29, 0.717) is 19.2 Å². The van der Waals surface area contributed by atoms with Gasteiger partial charge < -0.3 is 20.1 Å². The summed E-state index contributed by atoms with van der Waals surface area (Å²) in [5.41, 5.74) is 5.63. The Hall–Kier alpha value is -0.650. The fourth-order valence-electron chi connectivity index (χ4n) is 4.27. The zero-order valence-electron chi connectivity index (χ0n) is 13.4. The Morgan fingerprint density at radius 3 is 2.71 bits per heavy atom. The second-order valence-electron chi connectivity index (χ2n) is 7.35. The third-order valence-electron chi connectivity index (χ3n) is 5.82. The van der Waals surface area contributed by atoms with Gasteiger partial charge in [0.2, 0.25) is 5.91 Å². The van der Waals surface area contributed by atoms with Gasteiger partial charge in [-0.2, -0.15) is 0 Å². The van der Waals surface area contributed by atoms with Gasteiger partial charge in [-0.05, 0) is 25.7 Å². The molecule has 1 saturated heterocycles. The molecule has 5 heteroatoms. The summed E-state index contributed by atoms with van der Waals surface area (Å²) >= 11 is 0. The molecule has 21 heavy (non-hydrogen) atoms. The van der Waals surface area contributed by atoms with E-state index in [4.69, 9.17) is 15.2 Å². The van der Waals surface area contributed by atoms with Gasteiger partial charge >= 0.3 is 0 Å². The van der Waals surface area contributed by atoms with Gasteiger partial charge in [-0.25, -0.2) is 0 Å². The van der Waals surface area contributed by atoms with Crippen LogP contribution in [0.4, 0.5) is 0 Å². The van der Waals surface area contributed by atoms with E-state index in [0.717, 1.165) is 32.3 Å². The summed E-state index contributed by atoms with van der Waals surface area (Å²) in [7, 11) is 1.67. The molecule has 5 nitrogen and oxygen atoms in total. The second kappa shape index (κ2) is 5.21. The molecule has 0 aromatic rings. The fraction of sp³-hybridized carbons (Fsp3) is 0.938. The van der Waals surface area contributed by atoms with Gasteiger partial charge in [0, 0.05) is 37.6 Å². The molecule has 2 N–H and O–H groups in total. The van der Waals surface area contributed by atoms with Crippen molar-refractivity contribution in [3.8, 4) is 0 Å². The summed E-state index contributed by atoms with van der Waals surface area (Å²) in [4.78, 5) is 15.2. The van der Waals surface area contributed by atoms with Crippen LogP contribution in [0.2, 0.25) is 0 Å². The molecular weight excluding hydrogens is 268 g/mol. The summed E-state index contributed by atoms with van der Waals surface area (Å²) in [6.45, 7) is 6.18. The van der Waals surface area contributed by atoms with E-state index in [1.165, 1.54) is 0 Å². The van der Waals surface area contributed by atoms with Crippen LogP contribution in [0.15, 0.2) is 0 Å². The van der Waals surface area contributed by atoms with E-state index in [-0.39, 0.29) is 23.3 Å². The molecule has 3 unspecified atom stereocenters. The summed E-state index contributed by atoms with van der Waals surface area (Å²) in [6, 6.07) is 0.368. The maximum atomic E-state index is 13.2. The summed E-state index contributed by atoms with van der Waals surface area (Å²) in [5.74, 6) is 0.274. The molecule has 1 aliphatic heterocycles. The lowest BCUT2D eigenvalue weighted by molar-refractivity contribution is -0.230. The van der Waals surface area contributed by atoms with Gasteiger partial charge in [0.1, 0.15) is 5.54 Å². The highest BCUT2D eigenvalue weighted by Crippen LogP contribution is 2.58. The van der Waals surface area contributed by atoms with Crippen LogP contribution in [0.3, 0.4) is 0 Å². The van der Waals surface area contributed by atoms with Crippen LogP contribution in [0.1, 0.15) is 39.5 Å². The Morgan fingerprint density at radius 2 is 2.10 bits per heavy atom. The molecule has 0 radical (unpaired) electrons. The standard InChI is InChI=1S/C16H28N2O3/c1-15(2)13-12(5-4-9-21-13)16(15,17)14(19)18(8-10-20-3)11-6-7-11/h11-13H,4-10,17H2,1-3H3. The number of rotatable bonds is 5. The average molecular weight is 296 g/mol. The van der Waals surface area contributed by atoms with Crippen molar-refractivity contribution in [1.29, 1.82) is 0 Å². The van der Waals surface area contributed by atoms with Crippen molar-refractivity contribution in [3.05, 3.63) is 0 Å². The zero-order chi connectivity index (χ0) is 15.3. The number of nitrogens with two attached hydrogens (primary N) is 1. The summed E-state index contributed by atoms with van der Waals surface area (Å²) < 4.78 is 11.1. The first kappa shape index (κ1) is 15.3. The van der Waals surface area contributed by atoms with E-state index in [2.05, 4.69) is 13.8 Å². The third kappa shape index (κ3) is 2.13. The molecule has 0 spiro atoms. The van der Waals surface area contributed by atoms with E-state index in [9.17, 15) is 4.79 Å². The molecule has 0 bridgehead atoms. The van der Waals surface area contributed by atoms with Crippen molar-refractivity contribution in [1.82, 2.24) is 4.90 Å². The van der Waals surface area contributed by atoms with Gasteiger partial charge in [-0.1, -0.05) is 13.8 Å². The molecule has 3 aliphatic rings. The first-order valence-corrected chi connectivity index (χ1v) is 8.15. The topological polar surface area (TPSA) is 64.8 Å². The number of fused-ring (bicyclic) bond motifs is 1. The monoisotopic (exact) mass is 296 g/mol. The lowest BCUT2D eigenvalue weighted by Crippen LogP contribution is -2.82. The van der Waals surface area contributed by atoms with Crippen LogP contribution in [0, 0.1) is 11.3 Å². The second-order valence-corrected chi connectivity index (χ2v) is 7.35. The van der Waals surface area contributed by atoms with Crippen LogP contribution in [-0.4, -0.2) is 55.4 Å². The van der Waals surface area contributed by atoms with Crippen molar-refractivity contribution in [2.75, 3.05) is 26.9 Å². The first-order chi connectivity index (χ1) is 9.94. The molecule has 1 heterocycles. The van der Waals surface area contributed by atoms with E-state index < -0.39 is 5.54 Å². The Morgan fingerprint density at radius 1 is 1.38 bits per heavy atom. The number of methoxy groups -OCH3 is 1. The van der Waals surface area contributed by atoms with Gasteiger partial charge in [0.15, 0.2) is 0 Å². The Kier molecular flexibility index (Phi) is 3.79. The smallest absolute Gasteiger partial charge is 0.244 e. The number of hydrogen-bond acceptors (Lipinski definition) is 4. The van der Waals surface area contributed by atoms with Crippen molar-refractivity contribution in [2.45, 2.75) is 57.2 Å². The van der Waals surface area contributed by atoms with E-state index >= 15 is 0 Å². The predicted molar refractivity (Wildman–Crippen MR) is 79.8 cm³/mol. The molecule has 3 fully saturated rings. The van der Waals surface area contributed by atoms with Crippen molar-refractivity contribution in [3.63, 3.8) is 0 Å². The molecule has 0 aromatic heterocycles. The molecule has 2 aliphatic carbocycles. The van der Waals surface area contributed by atoms with Gasteiger partial charge in [0.05, 0.1) is 12.7 Å². The van der Waals surface area contributed by atoms with E-state index in [1.807, 2.05) is 4.90 Å². The minimum atomic E-state index is -0.783. The maximum Gasteiger partial charge on any atom is 0.244 e. The van der Waals surface area contributed by atoms with Crippen LogP contribution in [-0.2, 0) is 14.3 Å². The van der Waals surface area contributed by atoms with Crippen LogP contribution < -0.4 is 5.73 Å².